The van der Waals surface area contributed by atoms with E-state index in [0.29, 0.717) is 6.04 Å². The molecule has 0 amide bonds. The minimum absolute atomic E-state index is 0.134. The first kappa shape index (κ1) is 16.2. The maximum Gasteiger partial charge on any atom is 0.125 e. The van der Waals surface area contributed by atoms with Crippen molar-refractivity contribution in [3.05, 3.63) is 29.6 Å². The fourth-order valence-electron chi connectivity index (χ4n) is 2.87. The standard InChI is InChI=1S/C17H28FN3/c1-4-14(3)20-6-8-21(9-7-20)17-11-15(13-19-5-2)10-16(18)12-17/h10-12,14,19H,4-9,13H2,1-3H3. The van der Waals surface area contributed by atoms with Gasteiger partial charge in [0.2, 0.25) is 0 Å². The van der Waals surface area contributed by atoms with Crippen LogP contribution in [0.5, 0.6) is 0 Å². The highest BCUT2D eigenvalue weighted by Crippen LogP contribution is 2.21. The lowest BCUT2D eigenvalue weighted by Crippen LogP contribution is -2.49. The van der Waals surface area contributed by atoms with Gasteiger partial charge in [0.25, 0.3) is 0 Å². The molecule has 21 heavy (non-hydrogen) atoms. The van der Waals surface area contributed by atoms with Crippen molar-refractivity contribution in [1.29, 1.82) is 0 Å². The van der Waals surface area contributed by atoms with Gasteiger partial charge in [0.15, 0.2) is 0 Å². The molecule has 1 saturated heterocycles. The lowest BCUT2D eigenvalue weighted by Gasteiger charge is -2.39. The molecule has 1 atom stereocenters. The molecule has 1 aromatic rings. The van der Waals surface area contributed by atoms with Crippen LogP contribution in [0.2, 0.25) is 0 Å². The van der Waals surface area contributed by atoms with Crippen molar-refractivity contribution >= 4 is 5.69 Å². The van der Waals surface area contributed by atoms with Gasteiger partial charge in [0, 0.05) is 44.5 Å². The van der Waals surface area contributed by atoms with Gasteiger partial charge >= 0.3 is 0 Å². The summed E-state index contributed by atoms with van der Waals surface area (Å²) in [5, 5.41) is 3.26. The number of nitrogens with one attached hydrogen (secondary N) is 1. The lowest BCUT2D eigenvalue weighted by molar-refractivity contribution is 0.193. The van der Waals surface area contributed by atoms with Crippen LogP contribution in [-0.4, -0.2) is 43.7 Å². The normalized spacial score (nSPS) is 18.0. The van der Waals surface area contributed by atoms with Gasteiger partial charge in [-0.1, -0.05) is 13.8 Å². The van der Waals surface area contributed by atoms with E-state index in [2.05, 4.69) is 42.0 Å². The number of nitrogens with zero attached hydrogens (tertiary/aromatic N) is 2. The molecular weight excluding hydrogens is 265 g/mol. The summed E-state index contributed by atoms with van der Waals surface area (Å²) in [7, 11) is 0. The first-order valence-electron chi connectivity index (χ1n) is 8.13. The maximum atomic E-state index is 13.8. The van der Waals surface area contributed by atoms with Crippen molar-refractivity contribution in [1.82, 2.24) is 10.2 Å². The predicted octanol–water partition coefficient (Wildman–Crippen LogP) is 2.86. The van der Waals surface area contributed by atoms with Gasteiger partial charge in [-0.2, -0.15) is 0 Å². The Hall–Kier alpha value is -1.13. The smallest absolute Gasteiger partial charge is 0.125 e. The Bertz CT molecular complexity index is 442. The summed E-state index contributed by atoms with van der Waals surface area (Å²) in [5.41, 5.74) is 2.04. The Labute approximate surface area is 128 Å². The first-order valence-corrected chi connectivity index (χ1v) is 8.13. The Morgan fingerprint density at radius 3 is 2.48 bits per heavy atom. The number of piperazine rings is 1. The van der Waals surface area contributed by atoms with Gasteiger partial charge in [-0.3, -0.25) is 4.90 Å². The summed E-state index contributed by atoms with van der Waals surface area (Å²) in [6.07, 6.45) is 1.19. The number of hydrogen-bond donors (Lipinski definition) is 1. The van der Waals surface area contributed by atoms with Crippen LogP contribution < -0.4 is 10.2 Å². The molecular formula is C17H28FN3. The zero-order chi connectivity index (χ0) is 15.2. The second kappa shape index (κ2) is 7.76. The number of rotatable bonds is 6. The molecule has 1 fully saturated rings. The fraction of sp³-hybridized carbons (Fsp3) is 0.647. The van der Waals surface area contributed by atoms with Crippen LogP contribution in [0.15, 0.2) is 18.2 Å². The Morgan fingerprint density at radius 2 is 1.86 bits per heavy atom. The van der Waals surface area contributed by atoms with Crippen molar-refractivity contribution in [2.45, 2.75) is 39.8 Å². The summed E-state index contributed by atoms with van der Waals surface area (Å²) in [4.78, 5) is 4.83. The lowest BCUT2D eigenvalue weighted by atomic mass is 10.1. The van der Waals surface area contributed by atoms with Gasteiger partial charge in [-0.05, 0) is 43.7 Å². The average Bonchev–Trinajstić information content (AvgIpc) is 2.51. The third-order valence-electron chi connectivity index (χ3n) is 4.42. The number of hydrogen-bond acceptors (Lipinski definition) is 3. The molecule has 0 aromatic heterocycles. The van der Waals surface area contributed by atoms with E-state index in [1.165, 1.54) is 6.42 Å². The minimum atomic E-state index is -0.134. The van der Waals surface area contributed by atoms with E-state index in [9.17, 15) is 4.39 Å². The SMILES string of the molecule is CCNCc1cc(F)cc(N2CCN(C(C)CC)CC2)c1. The zero-order valence-electron chi connectivity index (χ0n) is 13.5. The van der Waals surface area contributed by atoms with Crippen molar-refractivity contribution in [3.63, 3.8) is 0 Å². The van der Waals surface area contributed by atoms with E-state index in [0.717, 1.165) is 50.5 Å². The number of anilines is 1. The van der Waals surface area contributed by atoms with Gasteiger partial charge in [-0.15, -0.1) is 0 Å². The van der Waals surface area contributed by atoms with Crippen LogP contribution in [0.1, 0.15) is 32.8 Å². The van der Waals surface area contributed by atoms with Gasteiger partial charge < -0.3 is 10.2 Å². The van der Waals surface area contributed by atoms with E-state index in [1.54, 1.807) is 12.1 Å². The molecule has 0 saturated carbocycles. The van der Waals surface area contributed by atoms with E-state index in [4.69, 9.17) is 0 Å². The number of benzene rings is 1. The van der Waals surface area contributed by atoms with Crippen molar-refractivity contribution in [2.24, 2.45) is 0 Å². The molecule has 0 radical (unpaired) electrons. The highest BCUT2D eigenvalue weighted by atomic mass is 19.1. The van der Waals surface area contributed by atoms with Gasteiger partial charge in [0.1, 0.15) is 5.82 Å². The van der Waals surface area contributed by atoms with Crippen molar-refractivity contribution < 1.29 is 4.39 Å². The second-order valence-corrected chi connectivity index (χ2v) is 5.88. The third-order valence-corrected chi connectivity index (χ3v) is 4.42. The molecule has 0 bridgehead atoms. The monoisotopic (exact) mass is 293 g/mol. The predicted molar refractivity (Wildman–Crippen MR) is 87.3 cm³/mol. The molecule has 2 rings (SSSR count). The Morgan fingerprint density at radius 1 is 1.14 bits per heavy atom. The molecule has 1 aliphatic heterocycles. The summed E-state index contributed by atoms with van der Waals surface area (Å²) >= 11 is 0. The van der Waals surface area contributed by atoms with Crippen molar-refractivity contribution in [2.75, 3.05) is 37.6 Å². The largest absolute Gasteiger partial charge is 0.369 e. The first-order chi connectivity index (χ1) is 10.1. The highest BCUT2D eigenvalue weighted by Gasteiger charge is 2.20. The Balaban J connectivity index is 2.01. The molecule has 1 heterocycles. The molecule has 4 heteroatoms. The maximum absolute atomic E-state index is 13.8. The fourth-order valence-corrected chi connectivity index (χ4v) is 2.87. The van der Waals surface area contributed by atoms with Crippen LogP contribution in [0.3, 0.4) is 0 Å². The Kier molecular flexibility index (Phi) is 6.00. The summed E-state index contributed by atoms with van der Waals surface area (Å²) in [5.74, 6) is -0.134. The van der Waals surface area contributed by atoms with E-state index in [1.807, 2.05) is 0 Å². The average molecular weight is 293 g/mol. The van der Waals surface area contributed by atoms with E-state index < -0.39 is 0 Å². The molecule has 0 spiro atoms. The molecule has 1 N–H and O–H groups in total. The van der Waals surface area contributed by atoms with Gasteiger partial charge in [-0.25, -0.2) is 4.39 Å². The highest BCUT2D eigenvalue weighted by molar-refractivity contribution is 5.49. The molecule has 1 aliphatic rings. The van der Waals surface area contributed by atoms with Crippen LogP contribution in [0.25, 0.3) is 0 Å². The molecule has 0 aliphatic carbocycles. The van der Waals surface area contributed by atoms with E-state index >= 15 is 0 Å². The molecule has 3 nitrogen and oxygen atoms in total. The van der Waals surface area contributed by atoms with E-state index in [-0.39, 0.29) is 5.82 Å². The van der Waals surface area contributed by atoms with Crippen LogP contribution in [0, 0.1) is 5.82 Å². The topological polar surface area (TPSA) is 18.5 Å². The third kappa shape index (κ3) is 4.42. The zero-order valence-corrected chi connectivity index (χ0v) is 13.5. The summed E-state index contributed by atoms with van der Waals surface area (Å²) < 4.78 is 13.8. The quantitative estimate of drug-likeness (QED) is 0.870. The van der Waals surface area contributed by atoms with Crippen LogP contribution >= 0.6 is 0 Å². The second-order valence-electron chi connectivity index (χ2n) is 5.88. The molecule has 1 unspecified atom stereocenters. The van der Waals surface area contributed by atoms with Crippen LogP contribution in [0.4, 0.5) is 10.1 Å². The number of halogens is 1. The van der Waals surface area contributed by atoms with Crippen LogP contribution in [-0.2, 0) is 6.54 Å². The molecule has 118 valence electrons. The van der Waals surface area contributed by atoms with Crippen molar-refractivity contribution in [3.8, 4) is 0 Å². The summed E-state index contributed by atoms with van der Waals surface area (Å²) in [6.45, 7) is 12.3. The summed E-state index contributed by atoms with van der Waals surface area (Å²) in [6, 6.07) is 6.05. The molecule has 1 aromatic carbocycles. The minimum Gasteiger partial charge on any atom is -0.369 e. The van der Waals surface area contributed by atoms with Gasteiger partial charge in [0.05, 0.1) is 0 Å².